The van der Waals surface area contributed by atoms with Crippen molar-refractivity contribution in [2.45, 2.75) is 38.3 Å². The second-order valence-electron chi connectivity index (χ2n) is 6.20. The van der Waals surface area contributed by atoms with Gasteiger partial charge in [-0.05, 0) is 43.9 Å². The van der Waals surface area contributed by atoms with E-state index in [2.05, 4.69) is 20.3 Å². The molecule has 1 saturated carbocycles. The van der Waals surface area contributed by atoms with Gasteiger partial charge in [-0.25, -0.2) is 19.3 Å². The Labute approximate surface area is 145 Å². The molecule has 25 heavy (non-hydrogen) atoms. The zero-order chi connectivity index (χ0) is 17.1. The summed E-state index contributed by atoms with van der Waals surface area (Å²) >= 11 is 0. The number of aromatic nitrogens is 3. The Kier molecular flexibility index (Phi) is 4.41. The maximum absolute atomic E-state index is 14.2. The van der Waals surface area contributed by atoms with Crippen molar-refractivity contribution in [3.63, 3.8) is 0 Å². The normalized spacial score (nSPS) is 14.8. The Balaban J connectivity index is 1.56. The molecule has 0 unspecified atom stereocenters. The first-order chi connectivity index (χ1) is 12.3. The summed E-state index contributed by atoms with van der Waals surface area (Å²) in [5.41, 5.74) is 1.50. The molecule has 2 heterocycles. The lowest BCUT2D eigenvalue weighted by atomic mass is 10.2. The number of hydrogen-bond acceptors (Lipinski definition) is 5. The fourth-order valence-electron chi connectivity index (χ4n) is 3.21. The van der Waals surface area contributed by atoms with Gasteiger partial charge in [0.15, 0.2) is 0 Å². The van der Waals surface area contributed by atoms with E-state index in [1.54, 1.807) is 18.3 Å². The molecule has 0 saturated heterocycles. The molecule has 3 aromatic rings. The first-order valence-electron chi connectivity index (χ1n) is 8.55. The third-order valence-corrected chi connectivity index (χ3v) is 4.49. The lowest BCUT2D eigenvalue weighted by Crippen LogP contribution is -2.14. The summed E-state index contributed by atoms with van der Waals surface area (Å²) in [5, 5.41) is 3.59. The number of ether oxygens (including phenoxy) is 1. The number of nitrogens with zero attached hydrogens (tertiary/aromatic N) is 3. The molecule has 0 bridgehead atoms. The quantitative estimate of drug-likeness (QED) is 0.759. The van der Waals surface area contributed by atoms with Crippen molar-refractivity contribution in [2.24, 2.45) is 0 Å². The third kappa shape index (κ3) is 3.38. The number of hydrogen-bond donors (Lipinski definition) is 1. The third-order valence-electron chi connectivity index (χ3n) is 4.49. The number of nitrogens with one attached hydrogen (secondary N) is 1. The summed E-state index contributed by atoms with van der Waals surface area (Å²) in [5.74, 6) is 0.772. The molecule has 0 radical (unpaired) electrons. The van der Waals surface area contributed by atoms with Gasteiger partial charge in [0.2, 0.25) is 5.88 Å². The molecule has 1 aromatic carbocycles. The van der Waals surface area contributed by atoms with Crippen LogP contribution in [-0.2, 0) is 6.54 Å². The van der Waals surface area contributed by atoms with Gasteiger partial charge in [0.1, 0.15) is 24.1 Å². The molecule has 5 nitrogen and oxygen atoms in total. The molecule has 0 aliphatic heterocycles. The molecule has 0 amide bonds. The van der Waals surface area contributed by atoms with Crippen LogP contribution in [-0.4, -0.2) is 21.1 Å². The van der Waals surface area contributed by atoms with Gasteiger partial charge in [0.25, 0.3) is 0 Å². The summed E-state index contributed by atoms with van der Waals surface area (Å²) in [7, 11) is 0. The van der Waals surface area contributed by atoms with Crippen molar-refractivity contribution in [3.8, 4) is 5.88 Å². The summed E-state index contributed by atoms with van der Waals surface area (Å²) in [6, 6.07) is 8.66. The molecule has 4 rings (SSSR count). The molecule has 0 spiro atoms. The Bertz CT molecular complexity index is 875. The van der Waals surface area contributed by atoms with Gasteiger partial charge >= 0.3 is 0 Å². The molecule has 128 valence electrons. The zero-order valence-electron chi connectivity index (χ0n) is 13.8. The first-order valence-corrected chi connectivity index (χ1v) is 8.55. The van der Waals surface area contributed by atoms with E-state index in [0.29, 0.717) is 29.1 Å². The molecule has 0 atom stereocenters. The first kappa shape index (κ1) is 15.7. The Hall–Kier alpha value is -2.76. The minimum atomic E-state index is -0.339. The van der Waals surface area contributed by atoms with Crippen LogP contribution in [0.15, 0.2) is 42.9 Å². The van der Waals surface area contributed by atoms with Crippen molar-refractivity contribution in [2.75, 3.05) is 5.32 Å². The Morgan fingerprint density at radius 2 is 1.96 bits per heavy atom. The topological polar surface area (TPSA) is 59.9 Å². The number of benzene rings is 1. The molecule has 1 N–H and O–H groups in total. The summed E-state index contributed by atoms with van der Waals surface area (Å²) < 4.78 is 20.2. The van der Waals surface area contributed by atoms with Crippen molar-refractivity contribution in [1.82, 2.24) is 15.0 Å². The molecular formula is C19H19FN4O. The van der Waals surface area contributed by atoms with Crippen LogP contribution in [0.25, 0.3) is 10.9 Å². The maximum Gasteiger partial charge on any atom is 0.218 e. The van der Waals surface area contributed by atoms with Gasteiger partial charge in [-0.1, -0.05) is 12.1 Å². The van der Waals surface area contributed by atoms with Crippen molar-refractivity contribution >= 4 is 16.7 Å². The van der Waals surface area contributed by atoms with Crippen LogP contribution in [0.4, 0.5) is 10.2 Å². The molecule has 6 heteroatoms. The predicted octanol–water partition coefficient (Wildman–Crippen LogP) is 4.10. The highest BCUT2D eigenvalue weighted by atomic mass is 19.1. The lowest BCUT2D eigenvalue weighted by molar-refractivity contribution is 0.199. The van der Waals surface area contributed by atoms with Crippen molar-refractivity contribution in [1.29, 1.82) is 0 Å². The Morgan fingerprint density at radius 1 is 1.08 bits per heavy atom. The van der Waals surface area contributed by atoms with Crippen LogP contribution < -0.4 is 10.1 Å². The smallest absolute Gasteiger partial charge is 0.218 e. The highest BCUT2D eigenvalue weighted by molar-refractivity contribution is 5.89. The van der Waals surface area contributed by atoms with E-state index in [1.807, 2.05) is 12.1 Å². The van der Waals surface area contributed by atoms with Crippen LogP contribution in [0, 0.1) is 5.82 Å². The van der Waals surface area contributed by atoms with Crippen LogP contribution >= 0.6 is 0 Å². The van der Waals surface area contributed by atoms with Crippen LogP contribution in [0.1, 0.15) is 31.2 Å². The molecule has 1 aliphatic rings. The number of pyridine rings is 1. The average Bonchev–Trinajstić information content (AvgIpc) is 3.14. The van der Waals surface area contributed by atoms with Crippen LogP contribution in [0.3, 0.4) is 0 Å². The number of halogens is 1. The van der Waals surface area contributed by atoms with Gasteiger partial charge in [-0.15, -0.1) is 0 Å². The van der Waals surface area contributed by atoms with Crippen LogP contribution in [0.5, 0.6) is 5.88 Å². The highest BCUT2D eigenvalue weighted by Crippen LogP contribution is 2.27. The number of anilines is 1. The fourth-order valence-corrected chi connectivity index (χ4v) is 3.21. The van der Waals surface area contributed by atoms with Gasteiger partial charge in [0, 0.05) is 18.3 Å². The van der Waals surface area contributed by atoms with Gasteiger partial charge in [-0.3, -0.25) is 0 Å². The second kappa shape index (κ2) is 7.01. The van der Waals surface area contributed by atoms with Crippen molar-refractivity contribution in [3.05, 3.63) is 54.2 Å². The van der Waals surface area contributed by atoms with E-state index in [-0.39, 0.29) is 11.9 Å². The molecular weight excluding hydrogens is 319 g/mol. The highest BCUT2D eigenvalue weighted by Gasteiger charge is 2.18. The largest absolute Gasteiger partial charge is 0.474 e. The summed E-state index contributed by atoms with van der Waals surface area (Å²) in [6.07, 6.45) is 7.97. The van der Waals surface area contributed by atoms with Crippen LogP contribution in [0.2, 0.25) is 0 Å². The molecule has 1 aliphatic carbocycles. The van der Waals surface area contributed by atoms with E-state index >= 15 is 0 Å². The molecule has 1 fully saturated rings. The van der Waals surface area contributed by atoms with E-state index in [9.17, 15) is 4.39 Å². The van der Waals surface area contributed by atoms with Gasteiger partial charge < -0.3 is 10.1 Å². The second-order valence-corrected chi connectivity index (χ2v) is 6.20. The number of fused-ring (bicyclic) bond motifs is 1. The van der Waals surface area contributed by atoms with E-state index < -0.39 is 0 Å². The monoisotopic (exact) mass is 338 g/mol. The summed E-state index contributed by atoms with van der Waals surface area (Å²) in [4.78, 5) is 12.7. The standard InChI is InChI=1S/C19H19FN4O/c20-15-8-3-9-16-17(15)18(24-12-23-16)22-11-13-5-4-10-21-19(13)25-14-6-1-2-7-14/h3-5,8-10,12,14H,1-2,6-7,11H2,(H,22,23,24). The average molecular weight is 338 g/mol. The summed E-state index contributed by atoms with van der Waals surface area (Å²) in [6.45, 7) is 0.455. The fraction of sp³-hybridized carbons (Fsp3) is 0.316. The van der Waals surface area contributed by atoms with E-state index in [1.165, 1.54) is 25.2 Å². The maximum atomic E-state index is 14.2. The molecule has 2 aromatic heterocycles. The zero-order valence-corrected chi connectivity index (χ0v) is 13.8. The van der Waals surface area contributed by atoms with E-state index in [4.69, 9.17) is 4.74 Å². The van der Waals surface area contributed by atoms with E-state index in [0.717, 1.165) is 18.4 Å². The minimum absolute atomic E-state index is 0.242. The van der Waals surface area contributed by atoms with Gasteiger partial charge in [-0.2, -0.15) is 0 Å². The predicted molar refractivity (Wildman–Crippen MR) is 93.9 cm³/mol. The lowest BCUT2D eigenvalue weighted by Gasteiger charge is -2.16. The SMILES string of the molecule is Fc1cccc2ncnc(NCc3cccnc3OC3CCCC3)c12. The van der Waals surface area contributed by atoms with Gasteiger partial charge in [0.05, 0.1) is 10.9 Å². The van der Waals surface area contributed by atoms with Crippen molar-refractivity contribution < 1.29 is 9.13 Å². The minimum Gasteiger partial charge on any atom is -0.474 e. The number of rotatable bonds is 5. The Morgan fingerprint density at radius 3 is 2.84 bits per heavy atom.